The highest BCUT2D eigenvalue weighted by Gasteiger charge is 2.35. The number of nitrogens with zero attached hydrogens (tertiary/aromatic N) is 3. The van der Waals surface area contributed by atoms with Gasteiger partial charge in [-0.3, -0.25) is 14.6 Å². The van der Waals surface area contributed by atoms with Crippen LogP contribution in [0.25, 0.3) is 0 Å². The number of piperazine rings is 1. The normalized spacial score (nSPS) is 21.3. The van der Waals surface area contributed by atoms with Crippen LogP contribution in [0, 0.1) is 11.7 Å². The Bertz CT molecular complexity index is 990. The molecular formula is C28H38FN3O4. The van der Waals surface area contributed by atoms with Gasteiger partial charge in [0.15, 0.2) is 0 Å². The molecule has 196 valence electrons. The van der Waals surface area contributed by atoms with Crippen LogP contribution in [0.3, 0.4) is 0 Å². The summed E-state index contributed by atoms with van der Waals surface area (Å²) in [5, 5.41) is 0. The number of halogens is 1. The second-order valence-electron chi connectivity index (χ2n) is 9.66. The summed E-state index contributed by atoms with van der Waals surface area (Å²) in [5.74, 6) is 1.60. The minimum Gasteiger partial charge on any atom is -0.497 e. The van der Waals surface area contributed by atoms with E-state index in [1.807, 2.05) is 18.2 Å². The van der Waals surface area contributed by atoms with Crippen molar-refractivity contribution in [2.24, 2.45) is 5.92 Å². The molecule has 0 aromatic heterocycles. The van der Waals surface area contributed by atoms with Crippen molar-refractivity contribution in [3.63, 3.8) is 0 Å². The summed E-state index contributed by atoms with van der Waals surface area (Å²) in [5.41, 5.74) is 1.83. The van der Waals surface area contributed by atoms with E-state index in [0.717, 1.165) is 75.7 Å². The molecule has 0 spiro atoms. The highest BCUT2D eigenvalue weighted by molar-refractivity contribution is 5.69. The van der Waals surface area contributed by atoms with Crippen molar-refractivity contribution >= 4 is 11.7 Å². The van der Waals surface area contributed by atoms with Crippen LogP contribution in [-0.4, -0.2) is 82.4 Å². The lowest BCUT2D eigenvalue weighted by Gasteiger charge is -2.47. The lowest BCUT2D eigenvalue weighted by molar-refractivity contribution is -0.141. The SMILES string of the molecule is COC(=O)CC[C@H]1CN(Cc2cc(OC)cc(OC)c2)CC[C@H]1N1CCN(c2ccccc2F)CC1. The zero-order chi connectivity index (χ0) is 25.5. The molecule has 2 atom stereocenters. The first-order valence-corrected chi connectivity index (χ1v) is 12.8. The molecule has 2 heterocycles. The number of ether oxygens (including phenoxy) is 3. The standard InChI is InChI=1S/C28H38FN3O4/c1-34-23-16-21(17-24(18-23)35-2)19-30-11-10-26(22(20-30)8-9-28(33)36-3)31-12-14-32(15-13-31)27-7-5-4-6-25(27)29/h4-7,16-18,22,26H,8-15,19-20H2,1-3H3/t22-,26+/m0/s1. The quantitative estimate of drug-likeness (QED) is 0.487. The van der Waals surface area contributed by atoms with Gasteiger partial charge in [-0.05, 0) is 55.1 Å². The molecule has 4 rings (SSSR count). The van der Waals surface area contributed by atoms with Crippen LogP contribution >= 0.6 is 0 Å². The topological polar surface area (TPSA) is 54.5 Å². The molecule has 0 amide bonds. The Balaban J connectivity index is 1.41. The smallest absolute Gasteiger partial charge is 0.305 e. The number of likely N-dealkylation sites (tertiary alicyclic amines) is 1. The third-order valence-corrected chi connectivity index (χ3v) is 7.52. The van der Waals surface area contributed by atoms with Crippen LogP contribution in [0.15, 0.2) is 42.5 Å². The highest BCUT2D eigenvalue weighted by Crippen LogP contribution is 2.31. The van der Waals surface area contributed by atoms with Crippen molar-refractivity contribution in [1.82, 2.24) is 9.80 Å². The number of anilines is 1. The van der Waals surface area contributed by atoms with Crippen molar-refractivity contribution in [1.29, 1.82) is 0 Å². The third kappa shape index (κ3) is 6.48. The van der Waals surface area contributed by atoms with Crippen LogP contribution in [0.4, 0.5) is 10.1 Å². The van der Waals surface area contributed by atoms with E-state index >= 15 is 0 Å². The van der Waals surface area contributed by atoms with Gasteiger partial charge in [-0.15, -0.1) is 0 Å². The summed E-state index contributed by atoms with van der Waals surface area (Å²) in [7, 11) is 4.78. The molecule has 2 saturated heterocycles. The molecule has 2 aromatic rings. The molecule has 36 heavy (non-hydrogen) atoms. The Kier molecular flexibility index (Phi) is 9.04. The largest absolute Gasteiger partial charge is 0.497 e. The van der Waals surface area contributed by atoms with E-state index < -0.39 is 0 Å². The van der Waals surface area contributed by atoms with Gasteiger partial charge in [0.1, 0.15) is 17.3 Å². The zero-order valence-corrected chi connectivity index (χ0v) is 21.6. The minimum absolute atomic E-state index is 0.159. The lowest BCUT2D eigenvalue weighted by atomic mass is 9.86. The monoisotopic (exact) mass is 499 g/mol. The predicted octanol–water partition coefficient (Wildman–Crippen LogP) is 3.81. The lowest BCUT2D eigenvalue weighted by Crippen LogP contribution is -2.56. The predicted molar refractivity (Wildman–Crippen MR) is 138 cm³/mol. The summed E-state index contributed by atoms with van der Waals surface area (Å²) in [6.45, 7) is 6.07. The van der Waals surface area contributed by atoms with Gasteiger partial charge < -0.3 is 19.1 Å². The first-order chi connectivity index (χ1) is 17.5. The van der Waals surface area contributed by atoms with Crippen LogP contribution in [0.5, 0.6) is 11.5 Å². The fourth-order valence-corrected chi connectivity index (χ4v) is 5.63. The third-order valence-electron chi connectivity index (χ3n) is 7.52. The van der Waals surface area contributed by atoms with E-state index in [1.54, 1.807) is 20.3 Å². The highest BCUT2D eigenvalue weighted by atomic mass is 19.1. The Hall–Kier alpha value is -2.84. The van der Waals surface area contributed by atoms with E-state index in [4.69, 9.17) is 14.2 Å². The van der Waals surface area contributed by atoms with Gasteiger partial charge >= 0.3 is 5.97 Å². The average Bonchev–Trinajstić information content (AvgIpc) is 2.92. The first-order valence-electron chi connectivity index (χ1n) is 12.8. The second-order valence-corrected chi connectivity index (χ2v) is 9.66. The zero-order valence-electron chi connectivity index (χ0n) is 21.6. The molecular weight excluding hydrogens is 461 g/mol. The first kappa shape index (κ1) is 26.2. The van der Waals surface area contributed by atoms with Gasteiger partial charge in [0.25, 0.3) is 0 Å². The Morgan fingerprint density at radius 2 is 1.67 bits per heavy atom. The molecule has 7 nitrogen and oxygen atoms in total. The molecule has 0 bridgehead atoms. The number of rotatable bonds is 9. The van der Waals surface area contributed by atoms with Gasteiger partial charge in [0, 0.05) is 57.8 Å². The number of carbonyl (C=O) groups is 1. The number of methoxy groups -OCH3 is 3. The van der Waals surface area contributed by atoms with Gasteiger partial charge in [-0.1, -0.05) is 12.1 Å². The summed E-state index contributed by atoms with van der Waals surface area (Å²) in [6, 6.07) is 13.4. The maximum absolute atomic E-state index is 14.3. The maximum Gasteiger partial charge on any atom is 0.305 e. The minimum atomic E-state index is -0.163. The number of hydrogen-bond acceptors (Lipinski definition) is 7. The molecule has 0 radical (unpaired) electrons. The second kappa shape index (κ2) is 12.4. The molecule has 2 aliphatic rings. The van der Waals surface area contributed by atoms with Gasteiger partial charge in [-0.25, -0.2) is 4.39 Å². The fraction of sp³-hybridized carbons (Fsp3) is 0.536. The van der Waals surface area contributed by atoms with Crippen LogP contribution in [-0.2, 0) is 16.1 Å². The fourth-order valence-electron chi connectivity index (χ4n) is 5.63. The summed E-state index contributed by atoms with van der Waals surface area (Å²) < 4.78 is 30.1. The molecule has 2 aromatic carbocycles. The van der Waals surface area contributed by atoms with Crippen LogP contribution < -0.4 is 14.4 Å². The van der Waals surface area contributed by atoms with Crippen molar-refractivity contribution < 1.29 is 23.4 Å². The van der Waals surface area contributed by atoms with Crippen molar-refractivity contribution in [3.05, 3.63) is 53.8 Å². The van der Waals surface area contributed by atoms with Gasteiger partial charge in [-0.2, -0.15) is 0 Å². The summed E-state index contributed by atoms with van der Waals surface area (Å²) in [6.07, 6.45) is 2.25. The van der Waals surface area contributed by atoms with E-state index in [-0.39, 0.29) is 11.8 Å². The number of benzene rings is 2. The van der Waals surface area contributed by atoms with E-state index in [1.165, 1.54) is 13.2 Å². The number of carbonyl (C=O) groups excluding carboxylic acids is 1. The average molecular weight is 500 g/mol. The van der Waals surface area contributed by atoms with Gasteiger partial charge in [0.2, 0.25) is 0 Å². The number of piperidine rings is 1. The van der Waals surface area contributed by atoms with Crippen molar-refractivity contribution in [2.45, 2.75) is 31.8 Å². The Labute approximate surface area is 213 Å². The summed E-state index contributed by atoms with van der Waals surface area (Å²) in [4.78, 5) is 19.1. The maximum atomic E-state index is 14.3. The molecule has 8 heteroatoms. The van der Waals surface area contributed by atoms with Crippen LogP contribution in [0.2, 0.25) is 0 Å². The Morgan fingerprint density at radius 1 is 0.972 bits per heavy atom. The molecule has 2 aliphatic heterocycles. The summed E-state index contributed by atoms with van der Waals surface area (Å²) >= 11 is 0. The van der Waals surface area contributed by atoms with E-state index in [0.29, 0.717) is 24.1 Å². The number of para-hydroxylation sites is 1. The van der Waals surface area contributed by atoms with Crippen LogP contribution in [0.1, 0.15) is 24.8 Å². The molecule has 0 unspecified atom stereocenters. The number of esters is 1. The van der Waals surface area contributed by atoms with E-state index in [2.05, 4.69) is 26.8 Å². The molecule has 2 fully saturated rings. The van der Waals surface area contributed by atoms with Crippen molar-refractivity contribution in [3.8, 4) is 11.5 Å². The molecule has 0 aliphatic carbocycles. The number of hydrogen-bond donors (Lipinski definition) is 0. The van der Waals surface area contributed by atoms with Gasteiger partial charge in [0.05, 0.1) is 27.0 Å². The van der Waals surface area contributed by atoms with Crippen molar-refractivity contribution in [2.75, 3.05) is 65.5 Å². The molecule has 0 N–H and O–H groups in total. The molecule has 0 saturated carbocycles. The Morgan fingerprint density at radius 3 is 2.31 bits per heavy atom. The van der Waals surface area contributed by atoms with E-state index in [9.17, 15) is 9.18 Å².